The molecular formula is C10H12N4OS. The number of rotatable bonds is 3. The van der Waals surface area contributed by atoms with Crippen LogP contribution in [0.2, 0.25) is 0 Å². The molecule has 0 saturated heterocycles. The molecule has 0 spiro atoms. The van der Waals surface area contributed by atoms with Crippen LogP contribution in [0.15, 0.2) is 23.1 Å². The highest BCUT2D eigenvalue weighted by molar-refractivity contribution is 7.14. The summed E-state index contributed by atoms with van der Waals surface area (Å²) in [5.41, 5.74) is 0.783. The summed E-state index contributed by atoms with van der Waals surface area (Å²) in [4.78, 5) is 11.5. The zero-order valence-electron chi connectivity index (χ0n) is 9.10. The number of nitrogens with one attached hydrogen (secondary N) is 1. The molecule has 0 atom stereocenters. The van der Waals surface area contributed by atoms with Crippen molar-refractivity contribution in [2.24, 2.45) is 7.05 Å². The minimum atomic E-state index is -0.0390. The van der Waals surface area contributed by atoms with Gasteiger partial charge in [-0.1, -0.05) is 11.3 Å². The molecular weight excluding hydrogens is 224 g/mol. The van der Waals surface area contributed by atoms with Gasteiger partial charge in [-0.2, -0.15) is 0 Å². The summed E-state index contributed by atoms with van der Waals surface area (Å²) in [5, 5.41) is 12.8. The van der Waals surface area contributed by atoms with E-state index in [1.54, 1.807) is 19.3 Å². The van der Waals surface area contributed by atoms with Gasteiger partial charge in [0.1, 0.15) is 10.0 Å². The first-order valence-corrected chi connectivity index (χ1v) is 5.66. The lowest BCUT2D eigenvalue weighted by Gasteiger charge is -1.97. The molecule has 0 aliphatic carbocycles. The molecule has 0 aliphatic heterocycles. The second-order valence-corrected chi connectivity index (χ2v) is 4.46. The van der Waals surface area contributed by atoms with E-state index in [9.17, 15) is 4.79 Å². The molecule has 2 rings (SSSR count). The van der Waals surface area contributed by atoms with Gasteiger partial charge in [-0.25, -0.2) is 0 Å². The lowest BCUT2D eigenvalue weighted by atomic mass is 10.3. The van der Waals surface area contributed by atoms with Gasteiger partial charge in [0.05, 0.1) is 0 Å². The normalized spacial score (nSPS) is 10.6. The maximum absolute atomic E-state index is 11.5. The fourth-order valence-corrected chi connectivity index (χ4v) is 2.12. The van der Waals surface area contributed by atoms with Crippen LogP contribution < -0.4 is 10.9 Å². The summed E-state index contributed by atoms with van der Waals surface area (Å²) >= 11 is 1.49. The van der Waals surface area contributed by atoms with E-state index in [2.05, 4.69) is 15.5 Å². The summed E-state index contributed by atoms with van der Waals surface area (Å²) < 4.78 is 1.53. The molecule has 0 aliphatic rings. The van der Waals surface area contributed by atoms with Crippen molar-refractivity contribution in [2.75, 3.05) is 7.05 Å². The number of pyridine rings is 1. The minimum Gasteiger partial charge on any atom is -0.319 e. The van der Waals surface area contributed by atoms with Gasteiger partial charge < -0.3 is 9.88 Å². The van der Waals surface area contributed by atoms with E-state index in [1.807, 2.05) is 13.1 Å². The van der Waals surface area contributed by atoms with Crippen LogP contribution in [0.25, 0.3) is 10.6 Å². The Balaban J connectivity index is 2.35. The number of hydrogen-bond acceptors (Lipinski definition) is 5. The Morgan fingerprint density at radius 2 is 2.31 bits per heavy atom. The summed E-state index contributed by atoms with van der Waals surface area (Å²) in [6.07, 6.45) is 1.73. The Bertz CT molecular complexity index is 546. The predicted octanol–water partition coefficient (Wildman–Crippen LogP) is 0.623. The van der Waals surface area contributed by atoms with Crippen LogP contribution in [0.1, 0.15) is 5.01 Å². The molecule has 0 saturated carbocycles. The Morgan fingerprint density at radius 1 is 1.50 bits per heavy atom. The molecule has 0 unspecified atom stereocenters. The van der Waals surface area contributed by atoms with Crippen LogP contribution in [-0.2, 0) is 13.6 Å². The van der Waals surface area contributed by atoms with Gasteiger partial charge in [0, 0.05) is 31.4 Å². The molecule has 2 aromatic heterocycles. The molecule has 84 valence electrons. The van der Waals surface area contributed by atoms with E-state index in [1.165, 1.54) is 15.9 Å². The molecule has 2 aromatic rings. The van der Waals surface area contributed by atoms with Crippen molar-refractivity contribution in [3.05, 3.63) is 33.7 Å². The van der Waals surface area contributed by atoms with Gasteiger partial charge in [0.25, 0.3) is 5.56 Å². The molecule has 16 heavy (non-hydrogen) atoms. The third-order valence-corrected chi connectivity index (χ3v) is 3.12. The first-order valence-electron chi connectivity index (χ1n) is 4.85. The fourth-order valence-electron chi connectivity index (χ4n) is 1.27. The minimum absolute atomic E-state index is 0.0390. The largest absolute Gasteiger partial charge is 0.319 e. The average molecular weight is 236 g/mol. The standard InChI is InChI=1S/C10H12N4OS/c1-11-6-8-12-13-10(16-8)7-3-4-14(2)9(15)5-7/h3-5,11H,6H2,1-2H3. The van der Waals surface area contributed by atoms with Crippen LogP contribution in [0.5, 0.6) is 0 Å². The highest BCUT2D eigenvalue weighted by Gasteiger charge is 2.06. The molecule has 0 radical (unpaired) electrons. The lowest BCUT2D eigenvalue weighted by Crippen LogP contribution is -2.13. The summed E-state index contributed by atoms with van der Waals surface area (Å²) in [6.45, 7) is 0.697. The van der Waals surface area contributed by atoms with Gasteiger partial charge in [-0.3, -0.25) is 4.79 Å². The number of aryl methyl sites for hydroxylation is 1. The van der Waals surface area contributed by atoms with Crippen LogP contribution in [-0.4, -0.2) is 21.8 Å². The molecule has 5 nitrogen and oxygen atoms in total. The van der Waals surface area contributed by atoms with Gasteiger partial charge in [-0.05, 0) is 13.1 Å². The second-order valence-electron chi connectivity index (χ2n) is 3.40. The number of hydrogen-bond donors (Lipinski definition) is 1. The first kappa shape index (κ1) is 11.0. The molecule has 0 amide bonds. The van der Waals surface area contributed by atoms with E-state index >= 15 is 0 Å². The van der Waals surface area contributed by atoms with Crippen LogP contribution in [0.4, 0.5) is 0 Å². The van der Waals surface area contributed by atoms with E-state index in [-0.39, 0.29) is 5.56 Å². The Hall–Kier alpha value is -1.53. The SMILES string of the molecule is CNCc1nnc(-c2ccn(C)c(=O)c2)s1. The van der Waals surface area contributed by atoms with Crippen molar-refractivity contribution in [1.82, 2.24) is 20.1 Å². The zero-order valence-corrected chi connectivity index (χ0v) is 9.91. The fraction of sp³-hybridized carbons (Fsp3) is 0.300. The van der Waals surface area contributed by atoms with E-state index in [4.69, 9.17) is 0 Å². The van der Waals surface area contributed by atoms with Crippen molar-refractivity contribution in [3.8, 4) is 10.6 Å². The van der Waals surface area contributed by atoms with Crippen molar-refractivity contribution in [3.63, 3.8) is 0 Å². The van der Waals surface area contributed by atoms with Gasteiger partial charge in [0.15, 0.2) is 0 Å². The van der Waals surface area contributed by atoms with Crippen molar-refractivity contribution in [2.45, 2.75) is 6.54 Å². The monoisotopic (exact) mass is 236 g/mol. The predicted molar refractivity (Wildman–Crippen MR) is 63.3 cm³/mol. The molecule has 0 bridgehead atoms. The highest BCUT2D eigenvalue weighted by atomic mass is 32.1. The van der Waals surface area contributed by atoms with Crippen molar-refractivity contribution >= 4 is 11.3 Å². The van der Waals surface area contributed by atoms with Crippen molar-refractivity contribution < 1.29 is 0 Å². The van der Waals surface area contributed by atoms with Crippen LogP contribution >= 0.6 is 11.3 Å². The molecule has 0 fully saturated rings. The van der Waals surface area contributed by atoms with E-state index in [0.717, 1.165) is 15.6 Å². The number of aromatic nitrogens is 3. The second kappa shape index (κ2) is 4.54. The number of nitrogens with zero attached hydrogens (tertiary/aromatic N) is 3. The molecule has 0 aromatic carbocycles. The summed E-state index contributed by atoms with van der Waals surface area (Å²) in [6, 6.07) is 3.44. The van der Waals surface area contributed by atoms with Crippen molar-refractivity contribution in [1.29, 1.82) is 0 Å². The first-order chi connectivity index (χ1) is 7.70. The quantitative estimate of drug-likeness (QED) is 0.849. The topological polar surface area (TPSA) is 59.8 Å². The maximum Gasteiger partial charge on any atom is 0.250 e. The third-order valence-electron chi connectivity index (χ3n) is 2.15. The zero-order chi connectivity index (χ0) is 11.5. The average Bonchev–Trinajstić information content (AvgIpc) is 2.71. The van der Waals surface area contributed by atoms with E-state index < -0.39 is 0 Å². The van der Waals surface area contributed by atoms with Gasteiger partial charge in [0.2, 0.25) is 0 Å². The Labute approximate surface area is 96.8 Å². The molecule has 1 N–H and O–H groups in total. The highest BCUT2D eigenvalue weighted by Crippen LogP contribution is 2.21. The van der Waals surface area contributed by atoms with Crippen LogP contribution in [0.3, 0.4) is 0 Å². The van der Waals surface area contributed by atoms with Crippen LogP contribution in [0, 0.1) is 0 Å². The van der Waals surface area contributed by atoms with E-state index in [0.29, 0.717) is 6.54 Å². The lowest BCUT2D eigenvalue weighted by molar-refractivity contribution is 0.794. The third kappa shape index (κ3) is 2.17. The van der Waals surface area contributed by atoms with Gasteiger partial charge >= 0.3 is 0 Å². The molecule has 6 heteroatoms. The summed E-state index contributed by atoms with van der Waals surface area (Å²) in [7, 11) is 3.58. The van der Waals surface area contributed by atoms with Gasteiger partial charge in [-0.15, -0.1) is 10.2 Å². The Morgan fingerprint density at radius 3 is 3.00 bits per heavy atom. The molecule has 2 heterocycles. The summed E-state index contributed by atoms with van der Waals surface area (Å²) in [5.74, 6) is 0. The smallest absolute Gasteiger partial charge is 0.250 e. The maximum atomic E-state index is 11.5. The Kier molecular flexibility index (Phi) is 3.12.